The Morgan fingerprint density at radius 2 is 1.78 bits per heavy atom. The van der Waals surface area contributed by atoms with Crippen molar-refractivity contribution in [3.63, 3.8) is 0 Å². The number of halogens is 3. The van der Waals surface area contributed by atoms with Crippen LogP contribution in [-0.4, -0.2) is 33.5 Å². The van der Waals surface area contributed by atoms with Gasteiger partial charge in [0.05, 0.1) is 11.9 Å². The highest BCUT2D eigenvalue weighted by Gasteiger charge is 2.31. The van der Waals surface area contributed by atoms with Crippen molar-refractivity contribution in [1.29, 1.82) is 0 Å². The number of carbonyl (C=O) groups excluding carboxylic acids is 1. The molecule has 0 bridgehead atoms. The smallest absolute Gasteiger partial charge is 0.406 e. The number of anilines is 2. The maximum atomic E-state index is 12.2. The van der Waals surface area contributed by atoms with Gasteiger partial charge in [-0.25, -0.2) is 8.42 Å². The van der Waals surface area contributed by atoms with E-state index in [1.54, 1.807) is 31.2 Å². The SMILES string of the molecule is Cc1cccc(N(CC(=O)Nc2ccc(OC(F)(F)F)cc2)S(C)(=O)=O)c1. The second-order valence-electron chi connectivity index (χ2n) is 5.73. The van der Waals surface area contributed by atoms with E-state index in [1.165, 1.54) is 12.1 Å². The van der Waals surface area contributed by atoms with Crippen LogP contribution in [-0.2, 0) is 14.8 Å². The molecule has 0 spiro atoms. The van der Waals surface area contributed by atoms with Crippen molar-refractivity contribution >= 4 is 27.3 Å². The first-order chi connectivity index (χ1) is 12.4. The largest absolute Gasteiger partial charge is 0.573 e. The first-order valence-corrected chi connectivity index (χ1v) is 9.49. The van der Waals surface area contributed by atoms with Gasteiger partial charge in [-0.05, 0) is 48.9 Å². The van der Waals surface area contributed by atoms with Gasteiger partial charge in [-0.1, -0.05) is 12.1 Å². The van der Waals surface area contributed by atoms with Gasteiger partial charge in [-0.15, -0.1) is 13.2 Å². The first kappa shape index (κ1) is 20.6. The van der Waals surface area contributed by atoms with Crippen LogP contribution in [0.3, 0.4) is 0 Å². The number of hydrogen-bond acceptors (Lipinski definition) is 4. The quantitative estimate of drug-likeness (QED) is 0.805. The van der Waals surface area contributed by atoms with Crippen LogP contribution in [0.1, 0.15) is 5.56 Å². The Kier molecular flexibility index (Phi) is 5.99. The summed E-state index contributed by atoms with van der Waals surface area (Å²) in [7, 11) is -3.72. The summed E-state index contributed by atoms with van der Waals surface area (Å²) in [6.45, 7) is 1.30. The summed E-state index contributed by atoms with van der Waals surface area (Å²) in [5.74, 6) is -1.08. The molecule has 0 unspecified atom stereocenters. The third-order valence-corrected chi connectivity index (χ3v) is 4.49. The van der Waals surface area contributed by atoms with E-state index in [9.17, 15) is 26.4 Å². The van der Waals surface area contributed by atoms with Gasteiger partial charge >= 0.3 is 6.36 Å². The normalized spacial score (nSPS) is 11.7. The van der Waals surface area contributed by atoms with Crippen LogP contribution in [0.5, 0.6) is 5.75 Å². The number of amides is 1. The molecule has 146 valence electrons. The number of rotatable bonds is 6. The molecule has 2 aromatic carbocycles. The zero-order valence-electron chi connectivity index (χ0n) is 14.4. The lowest BCUT2D eigenvalue weighted by Crippen LogP contribution is -2.37. The zero-order valence-corrected chi connectivity index (χ0v) is 15.3. The highest BCUT2D eigenvalue weighted by molar-refractivity contribution is 7.92. The molecule has 0 aliphatic heterocycles. The van der Waals surface area contributed by atoms with Crippen molar-refractivity contribution in [2.75, 3.05) is 22.4 Å². The van der Waals surface area contributed by atoms with E-state index in [1.807, 2.05) is 0 Å². The van der Waals surface area contributed by atoms with E-state index in [0.29, 0.717) is 5.69 Å². The summed E-state index contributed by atoms with van der Waals surface area (Å²) >= 11 is 0. The van der Waals surface area contributed by atoms with E-state index in [-0.39, 0.29) is 5.69 Å². The average Bonchev–Trinajstić information content (AvgIpc) is 2.52. The molecule has 0 aliphatic carbocycles. The molecule has 1 amide bonds. The molecule has 1 N–H and O–H groups in total. The Bertz CT molecular complexity index is 913. The maximum absolute atomic E-state index is 12.2. The molecule has 0 aliphatic rings. The maximum Gasteiger partial charge on any atom is 0.573 e. The monoisotopic (exact) mass is 402 g/mol. The van der Waals surface area contributed by atoms with Gasteiger partial charge in [0.15, 0.2) is 0 Å². The summed E-state index contributed by atoms with van der Waals surface area (Å²) in [4.78, 5) is 12.2. The Morgan fingerprint density at radius 1 is 1.15 bits per heavy atom. The summed E-state index contributed by atoms with van der Waals surface area (Å²) in [5, 5.41) is 2.44. The van der Waals surface area contributed by atoms with Crippen LogP contribution in [0.4, 0.5) is 24.5 Å². The van der Waals surface area contributed by atoms with Crippen molar-refractivity contribution in [1.82, 2.24) is 0 Å². The number of benzene rings is 2. The molecular weight excluding hydrogens is 385 g/mol. The molecule has 0 saturated heterocycles. The van der Waals surface area contributed by atoms with Gasteiger partial charge in [0.1, 0.15) is 12.3 Å². The van der Waals surface area contributed by atoms with Gasteiger partial charge in [0.2, 0.25) is 15.9 Å². The number of nitrogens with zero attached hydrogens (tertiary/aromatic N) is 1. The molecule has 0 saturated carbocycles. The number of aryl methyl sites for hydroxylation is 1. The molecule has 6 nitrogen and oxygen atoms in total. The Hall–Kier alpha value is -2.75. The lowest BCUT2D eigenvalue weighted by molar-refractivity contribution is -0.274. The second-order valence-corrected chi connectivity index (χ2v) is 7.64. The predicted molar refractivity (Wildman–Crippen MR) is 95.1 cm³/mol. The highest BCUT2D eigenvalue weighted by Crippen LogP contribution is 2.24. The Labute approximate surface area is 154 Å². The van der Waals surface area contributed by atoms with Crippen LogP contribution >= 0.6 is 0 Å². The van der Waals surface area contributed by atoms with Crippen molar-refractivity contribution in [3.8, 4) is 5.75 Å². The third-order valence-electron chi connectivity index (χ3n) is 3.35. The van der Waals surface area contributed by atoms with E-state index in [4.69, 9.17) is 0 Å². The lowest BCUT2D eigenvalue weighted by atomic mass is 10.2. The van der Waals surface area contributed by atoms with Crippen molar-refractivity contribution in [2.24, 2.45) is 0 Å². The van der Waals surface area contributed by atoms with Crippen LogP contribution in [0.15, 0.2) is 48.5 Å². The minimum atomic E-state index is -4.81. The number of sulfonamides is 1. The lowest BCUT2D eigenvalue weighted by Gasteiger charge is -2.22. The molecule has 10 heteroatoms. The summed E-state index contributed by atoms with van der Waals surface area (Å²) in [5.41, 5.74) is 1.36. The Balaban J connectivity index is 2.10. The van der Waals surface area contributed by atoms with E-state index < -0.39 is 34.6 Å². The number of hydrogen-bond donors (Lipinski definition) is 1. The minimum absolute atomic E-state index is 0.201. The molecule has 0 heterocycles. The summed E-state index contributed by atoms with van der Waals surface area (Å²) in [6, 6.07) is 11.2. The zero-order chi connectivity index (χ0) is 20.2. The molecule has 0 atom stereocenters. The number of carbonyl (C=O) groups is 1. The fraction of sp³-hybridized carbons (Fsp3) is 0.235. The molecule has 27 heavy (non-hydrogen) atoms. The number of nitrogens with one attached hydrogen (secondary N) is 1. The van der Waals surface area contributed by atoms with Crippen molar-refractivity contribution < 1.29 is 31.1 Å². The van der Waals surface area contributed by atoms with Gasteiger partial charge in [-0.3, -0.25) is 9.10 Å². The van der Waals surface area contributed by atoms with Gasteiger partial charge < -0.3 is 10.1 Å². The van der Waals surface area contributed by atoms with Gasteiger partial charge in [0, 0.05) is 5.69 Å². The minimum Gasteiger partial charge on any atom is -0.406 e. The number of ether oxygens (including phenoxy) is 1. The number of alkyl halides is 3. The fourth-order valence-corrected chi connectivity index (χ4v) is 3.10. The van der Waals surface area contributed by atoms with Crippen LogP contribution in [0.2, 0.25) is 0 Å². The molecule has 2 aromatic rings. The average molecular weight is 402 g/mol. The standard InChI is InChI=1S/C17H17F3N2O4S/c1-12-4-3-5-14(10-12)22(27(2,24)25)11-16(23)21-13-6-8-15(9-7-13)26-17(18,19)20/h3-10H,11H2,1-2H3,(H,21,23). The molecule has 0 aromatic heterocycles. The summed E-state index contributed by atoms with van der Waals surface area (Å²) in [6.07, 6.45) is -3.83. The third kappa shape index (κ3) is 6.48. The van der Waals surface area contributed by atoms with Crippen molar-refractivity contribution in [3.05, 3.63) is 54.1 Å². The summed E-state index contributed by atoms with van der Waals surface area (Å²) < 4.78 is 65.2. The highest BCUT2D eigenvalue weighted by atomic mass is 32.2. The van der Waals surface area contributed by atoms with Gasteiger partial charge in [-0.2, -0.15) is 0 Å². The van der Waals surface area contributed by atoms with Crippen LogP contribution in [0, 0.1) is 6.92 Å². The first-order valence-electron chi connectivity index (χ1n) is 7.64. The predicted octanol–water partition coefficient (Wildman–Crippen LogP) is 3.30. The molecule has 0 fully saturated rings. The molecule has 0 radical (unpaired) electrons. The topological polar surface area (TPSA) is 75.7 Å². The van der Waals surface area contributed by atoms with E-state index in [2.05, 4.69) is 10.1 Å². The molecular formula is C17H17F3N2O4S. The van der Waals surface area contributed by atoms with E-state index in [0.717, 1.165) is 28.3 Å². The van der Waals surface area contributed by atoms with E-state index >= 15 is 0 Å². The van der Waals surface area contributed by atoms with Crippen LogP contribution < -0.4 is 14.4 Å². The van der Waals surface area contributed by atoms with Gasteiger partial charge in [0.25, 0.3) is 0 Å². The Morgan fingerprint density at radius 3 is 2.30 bits per heavy atom. The van der Waals surface area contributed by atoms with Crippen molar-refractivity contribution in [2.45, 2.75) is 13.3 Å². The van der Waals surface area contributed by atoms with Crippen LogP contribution in [0.25, 0.3) is 0 Å². The fourth-order valence-electron chi connectivity index (χ4n) is 2.25. The second kappa shape index (κ2) is 7.87. The molecule has 2 rings (SSSR count).